The van der Waals surface area contributed by atoms with E-state index < -0.39 is 10.0 Å². The molecular weight excluding hydrogens is 226 g/mol. The molecule has 0 atom stereocenters. The van der Waals surface area contributed by atoms with Crippen LogP contribution in [-0.2, 0) is 10.0 Å². The number of aromatic nitrogens is 2. The monoisotopic (exact) mass is 243 g/mol. The fourth-order valence-corrected chi connectivity index (χ4v) is 2.67. The minimum Gasteiger partial charge on any atom is -0.333 e. The van der Waals surface area contributed by atoms with Gasteiger partial charge in [-0.15, -0.1) is 0 Å². The van der Waals surface area contributed by atoms with Crippen molar-refractivity contribution in [3.05, 3.63) is 12.5 Å². The predicted molar refractivity (Wildman–Crippen MR) is 60.3 cm³/mol. The number of imidazole rings is 1. The highest BCUT2D eigenvalue weighted by atomic mass is 32.2. The number of nitrogens with two attached hydrogens (primary N) is 1. The quantitative estimate of drug-likeness (QED) is 0.850. The fourth-order valence-electron chi connectivity index (χ4n) is 2.21. The Bertz CT molecular complexity index is 458. The summed E-state index contributed by atoms with van der Waals surface area (Å²) in [5.74, 6) is 0.775. The number of hydrogen-bond acceptors (Lipinski definition) is 3. The van der Waals surface area contributed by atoms with Crippen LogP contribution < -0.4 is 5.14 Å². The molecule has 0 bridgehead atoms. The normalized spacial score (nSPS) is 26.9. The van der Waals surface area contributed by atoms with Gasteiger partial charge in [0.2, 0.25) is 0 Å². The molecule has 16 heavy (non-hydrogen) atoms. The van der Waals surface area contributed by atoms with Gasteiger partial charge in [0, 0.05) is 12.2 Å². The maximum Gasteiger partial charge on any atom is 0.257 e. The summed E-state index contributed by atoms with van der Waals surface area (Å²) in [5.41, 5.74) is 0. The Morgan fingerprint density at radius 1 is 1.38 bits per heavy atom. The molecule has 1 aromatic heterocycles. The third kappa shape index (κ3) is 2.44. The molecule has 1 aliphatic rings. The highest BCUT2D eigenvalue weighted by molar-refractivity contribution is 7.89. The van der Waals surface area contributed by atoms with Gasteiger partial charge in [0.1, 0.15) is 0 Å². The van der Waals surface area contributed by atoms with Crippen LogP contribution in [0.4, 0.5) is 0 Å². The third-order valence-electron chi connectivity index (χ3n) is 3.28. The molecule has 1 aliphatic carbocycles. The summed E-state index contributed by atoms with van der Waals surface area (Å²) >= 11 is 0. The number of primary sulfonamides is 1. The zero-order valence-corrected chi connectivity index (χ0v) is 10.2. The molecule has 2 rings (SSSR count). The minimum atomic E-state index is -3.66. The van der Waals surface area contributed by atoms with Crippen molar-refractivity contribution in [1.29, 1.82) is 0 Å². The van der Waals surface area contributed by atoms with E-state index >= 15 is 0 Å². The summed E-state index contributed by atoms with van der Waals surface area (Å²) in [6.45, 7) is 2.25. The van der Waals surface area contributed by atoms with Gasteiger partial charge < -0.3 is 4.57 Å². The second kappa shape index (κ2) is 4.18. The van der Waals surface area contributed by atoms with Crippen LogP contribution in [0.25, 0.3) is 0 Å². The molecule has 5 nitrogen and oxygen atoms in total. The molecule has 0 spiro atoms. The van der Waals surface area contributed by atoms with Gasteiger partial charge in [-0.1, -0.05) is 6.92 Å². The molecular formula is C10H17N3O2S. The molecule has 0 unspecified atom stereocenters. The lowest BCUT2D eigenvalue weighted by Gasteiger charge is -2.26. The Morgan fingerprint density at radius 3 is 2.50 bits per heavy atom. The summed E-state index contributed by atoms with van der Waals surface area (Å²) in [6.07, 6.45) is 7.65. The van der Waals surface area contributed by atoms with Gasteiger partial charge in [-0.25, -0.2) is 18.5 Å². The van der Waals surface area contributed by atoms with Gasteiger partial charge in [-0.3, -0.25) is 0 Å². The maximum absolute atomic E-state index is 11.1. The molecule has 1 heterocycles. The Morgan fingerprint density at radius 2 is 2.00 bits per heavy atom. The zero-order valence-electron chi connectivity index (χ0n) is 9.33. The van der Waals surface area contributed by atoms with E-state index in [2.05, 4.69) is 11.9 Å². The molecule has 1 fully saturated rings. The number of rotatable bonds is 2. The number of nitrogens with zero attached hydrogens (tertiary/aromatic N) is 2. The molecule has 6 heteroatoms. The minimum absolute atomic E-state index is 0.0360. The first-order chi connectivity index (χ1) is 7.47. The van der Waals surface area contributed by atoms with Gasteiger partial charge in [0.25, 0.3) is 10.0 Å². The van der Waals surface area contributed by atoms with E-state index in [0.717, 1.165) is 18.8 Å². The highest BCUT2D eigenvalue weighted by Gasteiger charge is 2.21. The smallest absolute Gasteiger partial charge is 0.257 e. The maximum atomic E-state index is 11.1. The van der Waals surface area contributed by atoms with Crippen LogP contribution >= 0.6 is 0 Å². The lowest BCUT2D eigenvalue weighted by atomic mass is 9.87. The molecule has 1 saturated carbocycles. The van der Waals surface area contributed by atoms with Crippen LogP contribution in [0.2, 0.25) is 0 Å². The molecule has 0 amide bonds. The Hall–Kier alpha value is -0.880. The average molecular weight is 243 g/mol. The topological polar surface area (TPSA) is 78.0 Å². The van der Waals surface area contributed by atoms with E-state index in [-0.39, 0.29) is 5.03 Å². The predicted octanol–water partition coefficient (Wildman–Crippen LogP) is 1.28. The van der Waals surface area contributed by atoms with E-state index in [1.165, 1.54) is 19.0 Å². The molecule has 0 radical (unpaired) electrons. The summed E-state index contributed by atoms with van der Waals surface area (Å²) < 4.78 is 24.0. The summed E-state index contributed by atoms with van der Waals surface area (Å²) in [7, 11) is -3.66. The lowest BCUT2D eigenvalue weighted by Crippen LogP contribution is -2.16. The Balaban J connectivity index is 2.14. The Kier molecular flexibility index (Phi) is 3.03. The second-order valence-electron chi connectivity index (χ2n) is 4.62. The Labute approximate surface area is 95.7 Å². The molecule has 90 valence electrons. The summed E-state index contributed by atoms with van der Waals surface area (Å²) in [4.78, 5) is 3.83. The van der Waals surface area contributed by atoms with Crippen LogP contribution in [0, 0.1) is 5.92 Å². The van der Waals surface area contributed by atoms with Gasteiger partial charge >= 0.3 is 0 Å². The van der Waals surface area contributed by atoms with Crippen LogP contribution in [0.5, 0.6) is 0 Å². The van der Waals surface area contributed by atoms with Crippen molar-refractivity contribution < 1.29 is 8.42 Å². The lowest BCUT2D eigenvalue weighted by molar-refractivity contribution is 0.289. The summed E-state index contributed by atoms with van der Waals surface area (Å²) in [5, 5.41) is 4.98. The fraction of sp³-hybridized carbons (Fsp3) is 0.700. The van der Waals surface area contributed by atoms with Gasteiger partial charge in [0.05, 0.1) is 6.33 Å². The van der Waals surface area contributed by atoms with Crippen molar-refractivity contribution in [3.8, 4) is 0 Å². The largest absolute Gasteiger partial charge is 0.333 e. The zero-order chi connectivity index (χ0) is 11.8. The second-order valence-corrected chi connectivity index (χ2v) is 6.13. The van der Waals surface area contributed by atoms with E-state index in [9.17, 15) is 8.42 Å². The van der Waals surface area contributed by atoms with E-state index in [1.807, 2.05) is 4.57 Å². The molecule has 2 N–H and O–H groups in total. The highest BCUT2D eigenvalue weighted by Crippen LogP contribution is 2.31. The number of sulfonamides is 1. The van der Waals surface area contributed by atoms with Gasteiger partial charge in [-0.05, 0) is 31.6 Å². The van der Waals surface area contributed by atoms with Crippen LogP contribution in [-0.4, -0.2) is 18.0 Å². The standard InChI is InChI=1S/C10H17N3O2S/c1-8-2-4-9(5-3-8)13-6-10(12-7-13)16(11,14)15/h6-9H,2-5H2,1H3,(H2,11,14,15). The van der Waals surface area contributed by atoms with Crippen molar-refractivity contribution in [2.45, 2.75) is 43.7 Å². The van der Waals surface area contributed by atoms with Gasteiger partial charge in [-0.2, -0.15) is 0 Å². The van der Waals surface area contributed by atoms with E-state index in [4.69, 9.17) is 5.14 Å². The SMILES string of the molecule is CC1CCC(n2cnc(S(N)(=O)=O)c2)CC1. The first kappa shape index (κ1) is 11.6. The van der Waals surface area contributed by atoms with E-state index in [1.54, 1.807) is 6.33 Å². The van der Waals surface area contributed by atoms with Crippen molar-refractivity contribution in [3.63, 3.8) is 0 Å². The van der Waals surface area contributed by atoms with Crippen molar-refractivity contribution in [2.24, 2.45) is 11.1 Å². The summed E-state index contributed by atoms with van der Waals surface area (Å²) in [6, 6.07) is 0.374. The van der Waals surface area contributed by atoms with E-state index in [0.29, 0.717) is 6.04 Å². The first-order valence-electron chi connectivity index (χ1n) is 5.53. The van der Waals surface area contributed by atoms with Crippen molar-refractivity contribution in [1.82, 2.24) is 9.55 Å². The molecule has 0 aliphatic heterocycles. The van der Waals surface area contributed by atoms with Crippen LogP contribution in [0.15, 0.2) is 17.6 Å². The molecule has 1 aromatic rings. The molecule has 0 saturated heterocycles. The van der Waals surface area contributed by atoms with Crippen molar-refractivity contribution in [2.75, 3.05) is 0 Å². The van der Waals surface area contributed by atoms with Crippen LogP contribution in [0.3, 0.4) is 0 Å². The molecule has 0 aromatic carbocycles. The van der Waals surface area contributed by atoms with Crippen LogP contribution in [0.1, 0.15) is 38.6 Å². The first-order valence-corrected chi connectivity index (χ1v) is 7.07. The number of hydrogen-bond donors (Lipinski definition) is 1. The third-order valence-corrected chi connectivity index (χ3v) is 4.07. The van der Waals surface area contributed by atoms with Gasteiger partial charge in [0.15, 0.2) is 5.03 Å². The average Bonchev–Trinajstić information content (AvgIpc) is 2.67. The van der Waals surface area contributed by atoms with Crippen molar-refractivity contribution >= 4 is 10.0 Å².